The fraction of sp³-hybridized carbons (Fsp3) is 0.238. The topological polar surface area (TPSA) is 64.6 Å². The predicted octanol–water partition coefficient (Wildman–Crippen LogP) is 4.79. The molecule has 144 valence electrons. The van der Waals surface area contributed by atoms with Crippen LogP contribution in [0.3, 0.4) is 0 Å². The molecule has 0 spiro atoms. The van der Waals surface area contributed by atoms with E-state index in [2.05, 4.69) is 5.32 Å². The Morgan fingerprint density at radius 2 is 2.11 bits per heavy atom. The van der Waals surface area contributed by atoms with Crippen molar-refractivity contribution >= 4 is 34.6 Å². The van der Waals surface area contributed by atoms with E-state index < -0.39 is 6.04 Å². The number of para-hydroxylation sites is 1. The van der Waals surface area contributed by atoms with Crippen molar-refractivity contribution in [2.45, 2.75) is 26.0 Å². The van der Waals surface area contributed by atoms with Gasteiger partial charge in [-0.05, 0) is 36.6 Å². The number of nitrogens with one attached hydrogen (secondary N) is 1. The summed E-state index contributed by atoms with van der Waals surface area (Å²) in [5.41, 5.74) is 2.01. The van der Waals surface area contributed by atoms with E-state index in [0.29, 0.717) is 18.1 Å². The molecule has 1 aliphatic heterocycles. The third kappa shape index (κ3) is 3.81. The Labute approximate surface area is 170 Å². The van der Waals surface area contributed by atoms with Crippen LogP contribution in [-0.2, 0) is 16.1 Å². The lowest BCUT2D eigenvalue weighted by atomic mass is 10.1. The minimum Gasteiger partial charge on any atom is -0.488 e. The molecule has 0 aliphatic carbocycles. The second kappa shape index (κ2) is 8.16. The van der Waals surface area contributed by atoms with Crippen LogP contribution in [0.25, 0.3) is 10.4 Å². The largest absolute Gasteiger partial charge is 0.488 e. The van der Waals surface area contributed by atoms with Crippen LogP contribution in [0.1, 0.15) is 39.5 Å². The van der Waals surface area contributed by atoms with E-state index >= 15 is 0 Å². The first-order valence-corrected chi connectivity index (χ1v) is 10.7. The summed E-state index contributed by atoms with van der Waals surface area (Å²) in [6, 6.07) is 13.1. The molecule has 0 bridgehead atoms. The van der Waals surface area contributed by atoms with Crippen LogP contribution < -0.4 is 10.1 Å². The zero-order valence-corrected chi connectivity index (χ0v) is 16.9. The third-order valence-electron chi connectivity index (χ3n) is 4.42. The van der Waals surface area contributed by atoms with Crippen molar-refractivity contribution < 1.29 is 19.1 Å². The van der Waals surface area contributed by atoms with Crippen LogP contribution in [0.2, 0.25) is 0 Å². The third-order valence-corrected chi connectivity index (χ3v) is 6.61. The number of thiophene rings is 2. The first-order chi connectivity index (χ1) is 13.7. The highest BCUT2D eigenvalue weighted by molar-refractivity contribution is 7.17. The van der Waals surface area contributed by atoms with Crippen molar-refractivity contribution in [1.29, 1.82) is 0 Å². The van der Waals surface area contributed by atoms with Crippen molar-refractivity contribution in [3.63, 3.8) is 0 Å². The number of carbonyl (C=O) groups is 2. The van der Waals surface area contributed by atoms with Gasteiger partial charge in [0.05, 0.1) is 23.9 Å². The average Bonchev–Trinajstić information content (AvgIpc) is 3.37. The van der Waals surface area contributed by atoms with Crippen LogP contribution in [0.15, 0.2) is 47.8 Å². The van der Waals surface area contributed by atoms with Gasteiger partial charge in [-0.1, -0.05) is 18.2 Å². The molecule has 0 saturated carbocycles. The smallest absolute Gasteiger partial charge is 0.308 e. The minimum absolute atomic E-state index is 0.108. The molecule has 1 aliphatic rings. The zero-order valence-electron chi connectivity index (χ0n) is 15.3. The number of ether oxygens (including phenoxy) is 2. The van der Waals surface area contributed by atoms with Gasteiger partial charge in [0.25, 0.3) is 5.91 Å². The average molecular weight is 414 g/mol. The predicted molar refractivity (Wildman–Crippen MR) is 110 cm³/mol. The van der Waals surface area contributed by atoms with Crippen molar-refractivity contribution in [3.8, 4) is 16.2 Å². The van der Waals surface area contributed by atoms with Crippen LogP contribution in [0.5, 0.6) is 5.75 Å². The first kappa shape index (κ1) is 18.7. The molecule has 0 radical (unpaired) electrons. The maximum absolute atomic E-state index is 12.9. The van der Waals surface area contributed by atoms with Gasteiger partial charge < -0.3 is 14.8 Å². The SMILES string of the molecule is CCOC(=O)CC(NC(=O)c1cc2c(s1)-c1ccccc1OC2)c1cccs1. The number of fused-ring (bicyclic) bond motifs is 3. The standard InChI is InChI=1S/C21H19NO4S2/c1-2-25-19(23)11-15(17-8-5-9-27-17)22-21(24)18-10-13-12-26-16-7-4-3-6-14(16)20(13)28-18/h3-10,15H,2,11-12H2,1H3,(H,22,24). The van der Waals surface area contributed by atoms with Gasteiger partial charge in [-0.3, -0.25) is 9.59 Å². The molecule has 0 fully saturated rings. The number of carbonyl (C=O) groups excluding carboxylic acids is 2. The van der Waals surface area contributed by atoms with Gasteiger partial charge in [0, 0.05) is 20.9 Å². The number of esters is 1. The van der Waals surface area contributed by atoms with E-state index in [4.69, 9.17) is 9.47 Å². The quantitative estimate of drug-likeness (QED) is 0.590. The molecule has 2 aromatic heterocycles. The summed E-state index contributed by atoms with van der Waals surface area (Å²) in [5, 5.41) is 4.93. The van der Waals surface area contributed by atoms with Gasteiger partial charge in [0.1, 0.15) is 12.4 Å². The lowest BCUT2D eigenvalue weighted by molar-refractivity contribution is -0.143. The Kier molecular flexibility index (Phi) is 5.45. The molecule has 3 heterocycles. The molecule has 7 heteroatoms. The first-order valence-electron chi connectivity index (χ1n) is 9.00. The molecule has 5 nitrogen and oxygen atoms in total. The summed E-state index contributed by atoms with van der Waals surface area (Å²) in [5.74, 6) is 0.316. The van der Waals surface area contributed by atoms with Crippen molar-refractivity contribution in [1.82, 2.24) is 5.32 Å². The lowest BCUT2D eigenvalue weighted by Crippen LogP contribution is -2.29. The van der Waals surface area contributed by atoms with Crippen molar-refractivity contribution in [2.75, 3.05) is 6.61 Å². The number of rotatable bonds is 6. The molecule has 1 unspecified atom stereocenters. The van der Waals surface area contributed by atoms with E-state index in [0.717, 1.165) is 26.6 Å². The van der Waals surface area contributed by atoms with Crippen molar-refractivity contribution in [2.24, 2.45) is 0 Å². The minimum atomic E-state index is -0.408. The monoisotopic (exact) mass is 413 g/mol. The van der Waals surface area contributed by atoms with Crippen LogP contribution in [0.4, 0.5) is 0 Å². The van der Waals surface area contributed by atoms with Crippen molar-refractivity contribution in [3.05, 3.63) is 63.2 Å². The number of benzene rings is 1. The Hall–Kier alpha value is -2.64. The molecular weight excluding hydrogens is 394 g/mol. The van der Waals surface area contributed by atoms with E-state index in [-0.39, 0.29) is 18.3 Å². The van der Waals surface area contributed by atoms with Gasteiger partial charge in [-0.25, -0.2) is 0 Å². The van der Waals surface area contributed by atoms with E-state index in [1.807, 2.05) is 47.8 Å². The Balaban J connectivity index is 1.56. The summed E-state index contributed by atoms with van der Waals surface area (Å²) in [6.45, 7) is 2.54. The summed E-state index contributed by atoms with van der Waals surface area (Å²) in [6.07, 6.45) is 0.108. The van der Waals surface area contributed by atoms with Gasteiger partial charge in [-0.15, -0.1) is 22.7 Å². The Morgan fingerprint density at radius 1 is 1.25 bits per heavy atom. The van der Waals surface area contributed by atoms with Gasteiger partial charge in [-0.2, -0.15) is 0 Å². The molecule has 1 amide bonds. The molecule has 3 aromatic rings. The van der Waals surface area contributed by atoms with Crippen LogP contribution >= 0.6 is 22.7 Å². The van der Waals surface area contributed by atoms with E-state index in [1.165, 1.54) is 22.7 Å². The van der Waals surface area contributed by atoms with Crippen LogP contribution in [0, 0.1) is 0 Å². The van der Waals surface area contributed by atoms with E-state index in [9.17, 15) is 9.59 Å². The number of hydrogen-bond donors (Lipinski definition) is 1. The molecular formula is C21H19NO4S2. The fourth-order valence-corrected chi connectivity index (χ4v) is 5.02. The molecule has 28 heavy (non-hydrogen) atoms. The summed E-state index contributed by atoms with van der Waals surface area (Å²) in [4.78, 5) is 27.5. The van der Waals surface area contributed by atoms with Crippen LogP contribution in [-0.4, -0.2) is 18.5 Å². The zero-order chi connectivity index (χ0) is 19.5. The molecule has 0 saturated heterocycles. The highest BCUT2D eigenvalue weighted by Gasteiger charge is 2.25. The van der Waals surface area contributed by atoms with E-state index in [1.54, 1.807) is 6.92 Å². The molecule has 1 atom stereocenters. The van der Waals surface area contributed by atoms with Gasteiger partial charge in [0.2, 0.25) is 0 Å². The second-order valence-corrected chi connectivity index (χ2v) is 8.33. The summed E-state index contributed by atoms with van der Waals surface area (Å²) >= 11 is 2.96. The maximum Gasteiger partial charge on any atom is 0.308 e. The Bertz CT molecular complexity index is 994. The molecule has 4 rings (SSSR count). The molecule has 1 N–H and O–H groups in total. The summed E-state index contributed by atoms with van der Waals surface area (Å²) < 4.78 is 10.8. The molecule has 1 aromatic carbocycles. The second-order valence-electron chi connectivity index (χ2n) is 6.30. The normalized spacial score (nSPS) is 13.0. The lowest BCUT2D eigenvalue weighted by Gasteiger charge is -2.16. The van der Waals surface area contributed by atoms with Gasteiger partial charge in [0.15, 0.2) is 0 Å². The summed E-state index contributed by atoms with van der Waals surface area (Å²) in [7, 11) is 0. The number of amides is 1. The highest BCUT2D eigenvalue weighted by atomic mass is 32.1. The maximum atomic E-state index is 12.9. The van der Waals surface area contributed by atoms with Gasteiger partial charge >= 0.3 is 5.97 Å². The number of hydrogen-bond acceptors (Lipinski definition) is 6. The fourth-order valence-electron chi connectivity index (χ4n) is 3.14. The Morgan fingerprint density at radius 3 is 2.89 bits per heavy atom. The highest BCUT2D eigenvalue weighted by Crippen LogP contribution is 2.42.